The highest BCUT2D eigenvalue weighted by molar-refractivity contribution is 7.92. The molecule has 0 spiro atoms. The summed E-state index contributed by atoms with van der Waals surface area (Å²) in [7, 11) is -3.77. The minimum Gasteiger partial charge on any atom is -0.345 e. The van der Waals surface area contributed by atoms with E-state index in [-0.39, 0.29) is 4.90 Å². The first kappa shape index (κ1) is 15.4. The summed E-state index contributed by atoms with van der Waals surface area (Å²) in [6, 6.07) is 21.7. The average Bonchev–Trinajstić information content (AvgIpc) is 3.12. The highest BCUT2D eigenvalue weighted by Crippen LogP contribution is 2.29. The van der Waals surface area contributed by atoms with Crippen molar-refractivity contribution in [1.29, 1.82) is 0 Å². The number of nitrogens with one attached hydrogen (secondary N) is 2. The lowest BCUT2D eigenvalue weighted by atomic mass is 10.1. The fourth-order valence-electron chi connectivity index (χ4n) is 2.80. The molecule has 0 fully saturated rings. The van der Waals surface area contributed by atoms with E-state index < -0.39 is 10.0 Å². The van der Waals surface area contributed by atoms with Crippen LogP contribution in [0.25, 0.3) is 22.2 Å². The lowest BCUT2D eigenvalue weighted by Crippen LogP contribution is -2.14. The van der Waals surface area contributed by atoms with E-state index in [0.29, 0.717) is 16.8 Å². The number of aromatic nitrogens is 2. The summed E-state index contributed by atoms with van der Waals surface area (Å²) in [5.41, 5.74) is 3.31. The number of nitrogens with zero attached hydrogens (tertiary/aromatic N) is 1. The molecule has 3 aromatic carbocycles. The lowest BCUT2D eigenvalue weighted by molar-refractivity contribution is 0.601. The van der Waals surface area contributed by atoms with Crippen molar-refractivity contribution in [1.82, 2.24) is 9.97 Å². The number of imidazole rings is 1. The minimum absolute atomic E-state index is 0.230. The molecule has 5 nitrogen and oxygen atoms in total. The molecule has 6 heteroatoms. The molecule has 124 valence electrons. The normalized spacial score (nSPS) is 11.5. The SMILES string of the molecule is O=S(=O)(Nc1cccc2[nH]cnc12)c1ccccc1-c1ccccc1. The lowest BCUT2D eigenvalue weighted by Gasteiger charge is -2.13. The predicted octanol–water partition coefficient (Wildman–Crippen LogP) is 4.03. The Morgan fingerprint density at radius 1 is 0.840 bits per heavy atom. The summed E-state index contributed by atoms with van der Waals surface area (Å²) in [6.45, 7) is 0. The molecule has 4 aromatic rings. The Morgan fingerprint density at radius 2 is 1.60 bits per heavy atom. The van der Waals surface area contributed by atoms with E-state index in [2.05, 4.69) is 14.7 Å². The molecule has 0 saturated heterocycles. The van der Waals surface area contributed by atoms with Crippen LogP contribution in [-0.2, 0) is 10.0 Å². The van der Waals surface area contributed by atoms with Crippen LogP contribution in [0.1, 0.15) is 0 Å². The molecule has 1 aromatic heterocycles. The van der Waals surface area contributed by atoms with Gasteiger partial charge in [-0.3, -0.25) is 4.72 Å². The van der Waals surface area contributed by atoms with E-state index in [1.165, 1.54) is 0 Å². The monoisotopic (exact) mass is 349 g/mol. The molecule has 0 aliphatic rings. The third kappa shape index (κ3) is 2.88. The molecule has 4 rings (SSSR count). The molecule has 0 bridgehead atoms. The van der Waals surface area contributed by atoms with Gasteiger partial charge in [-0.15, -0.1) is 0 Å². The van der Waals surface area contributed by atoms with Gasteiger partial charge in [-0.2, -0.15) is 0 Å². The summed E-state index contributed by atoms with van der Waals surface area (Å²) in [4.78, 5) is 7.40. The molecular formula is C19H15N3O2S. The quantitative estimate of drug-likeness (QED) is 0.584. The zero-order valence-electron chi connectivity index (χ0n) is 13.2. The van der Waals surface area contributed by atoms with Crippen molar-refractivity contribution >= 4 is 26.7 Å². The third-order valence-corrected chi connectivity index (χ3v) is 5.38. The van der Waals surface area contributed by atoms with Gasteiger partial charge in [-0.05, 0) is 23.8 Å². The molecule has 0 unspecified atom stereocenters. The number of anilines is 1. The Labute approximate surface area is 145 Å². The fraction of sp³-hybridized carbons (Fsp3) is 0. The Kier molecular flexibility index (Phi) is 3.74. The number of hydrogen-bond acceptors (Lipinski definition) is 3. The highest BCUT2D eigenvalue weighted by Gasteiger charge is 2.20. The highest BCUT2D eigenvalue weighted by atomic mass is 32.2. The number of fused-ring (bicyclic) bond motifs is 1. The standard InChI is InChI=1S/C19H15N3O2S/c23-25(24,22-17-11-6-10-16-19(17)21-13-20-16)18-12-5-4-9-15(18)14-7-2-1-3-8-14/h1-13,22H,(H,20,21). The molecule has 0 radical (unpaired) electrons. The zero-order chi connectivity index (χ0) is 17.3. The van der Waals surface area contributed by atoms with Gasteiger partial charge < -0.3 is 4.98 Å². The number of benzene rings is 3. The van der Waals surface area contributed by atoms with Gasteiger partial charge >= 0.3 is 0 Å². The molecule has 0 atom stereocenters. The number of rotatable bonds is 4. The molecule has 25 heavy (non-hydrogen) atoms. The number of aromatic amines is 1. The van der Waals surface area contributed by atoms with Crippen LogP contribution in [0.4, 0.5) is 5.69 Å². The zero-order valence-corrected chi connectivity index (χ0v) is 14.0. The van der Waals surface area contributed by atoms with Crippen LogP contribution < -0.4 is 4.72 Å². The van der Waals surface area contributed by atoms with Gasteiger partial charge in [-0.25, -0.2) is 13.4 Å². The van der Waals surface area contributed by atoms with Crippen LogP contribution >= 0.6 is 0 Å². The third-order valence-electron chi connectivity index (χ3n) is 3.96. The van der Waals surface area contributed by atoms with E-state index in [4.69, 9.17) is 0 Å². The van der Waals surface area contributed by atoms with Crippen LogP contribution in [0.5, 0.6) is 0 Å². The molecule has 1 heterocycles. The van der Waals surface area contributed by atoms with Crippen LogP contribution in [0, 0.1) is 0 Å². The van der Waals surface area contributed by atoms with Crippen LogP contribution in [-0.4, -0.2) is 18.4 Å². The van der Waals surface area contributed by atoms with Crippen molar-refractivity contribution in [2.75, 3.05) is 4.72 Å². The smallest absolute Gasteiger partial charge is 0.262 e. The second kappa shape index (κ2) is 6.07. The van der Waals surface area contributed by atoms with Crippen LogP contribution in [0.2, 0.25) is 0 Å². The average molecular weight is 349 g/mol. The molecule has 0 aliphatic carbocycles. The second-order valence-corrected chi connectivity index (χ2v) is 7.22. The largest absolute Gasteiger partial charge is 0.345 e. The molecule has 0 aliphatic heterocycles. The van der Waals surface area contributed by atoms with Gasteiger partial charge in [-0.1, -0.05) is 54.6 Å². The summed E-state index contributed by atoms with van der Waals surface area (Å²) < 4.78 is 28.7. The molecule has 0 saturated carbocycles. The molecular weight excluding hydrogens is 334 g/mol. The van der Waals surface area contributed by atoms with Crippen molar-refractivity contribution in [2.24, 2.45) is 0 Å². The second-order valence-electron chi connectivity index (χ2n) is 5.57. The Bertz CT molecular complexity index is 1140. The van der Waals surface area contributed by atoms with E-state index in [9.17, 15) is 8.42 Å². The first-order valence-electron chi connectivity index (χ1n) is 7.74. The van der Waals surface area contributed by atoms with Crippen molar-refractivity contribution < 1.29 is 8.42 Å². The maximum Gasteiger partial charge on any atom is 0.262 e. The van der Waals surface area contributed by atoms with Gasteiger partial charge in [0.25, 0.3) is 10.0 Å². The topological polar surface area (TPSA) is 74.8 Å². The number of para-hydroxylation sites is 1. The van der Waals surface area contributed by atoms with E-state index in [1.54, 1.807) is 36.7 Å². The van der Waals surface area contributed by atoms with Crippen molar-refractivity contribution in [3.8, 4) is 11.1 Å². The maximum absolute atomic E-state index is 13.0. The number of sulfonamides is 1. The molecule has 0 amide bonds. The predicted molar refractivity (Wildman–Crippen MR) is 98.8 cm³/mol. The fourth-order valence-corrected chi connectivity index (χ4v) is 4.10. The Hall–Kier alpha value is -3.12. The van der Waals surface area contributed by atoms with Crippen molar-refractivity contribution in [3.63, 3.8) is 0 Å². The number of H-pyrrole nitrogens is 1. The van der Waals surface area contributed by atoms with Gasteiger partial charge in [0.1, 0.15) is 5.52 Å². The van der Waals surface area contributed by atoms with Crippen LogP contribution in [0.15, 0.2) is 84.0 Å². The van der Waals surface area contributed by atoms with E-state index in [1.807, 2.05) is 42.5 Å². The molecule has 2 N–H and O–H groups in total. The first-order valence-corrected chi connectivity index (χ1v) is 9.23. The Balaban J connectivity index is 1.81. The first-order chi connectivity index (χ1) is 12.1. The van der Waals surface area contributed by atoms with E-state index in [0.717, 1.165) is 11.1 Å². The van der Waals surface area contributed by atoms with Gasteiger partial charge in [0.05, 0.1) is 22.4 Å². The van der Waals surface area contributed by atoms with Gasteiger partial charge in [0.15, 0.2) is 0 Å². The van der Waals surface area contributed by atoms with Crippen LogP contribution in [0.3, 0.4) is 0 Å². The number of hydrogen-bond donors (Lipinski definition) is 2. The van der Waals surface area contributed by atoms with Crippen molar-refractivity contribution in [3.05, 3.63) is 79.1 Å². The minimum atomic E-state index is -3.77. The summed E-state index contributed by atoms with van der Waals surface area (Å²) in [5.74, 6) is 0. The van der Waals surface area contributed by atoms with Gasteiger partial charge in [0, 0.05) is 5.56 Å². The maximum atomic E-state index is 13.0. The van der Waals surface area contributed by atoms with E-state index >= 15 is 0 Å². The van der Waals surface area contributed by atoms with Crippen molar-refractivity contribution in [2.45, 2.75) is 4.90 Å². The van der Waals surface area contributed by atoms with Gasteiger partial charge in [0.2, 0.25) is 0 Å². The summed E-state index contributed by atoms with van der Waals surface area (Å²) in [5, 5.41) is 0. The summed E-state index contributed by atoms with van der Waals surface area (Å²) in [6.07, 6.45) is 1.54. The Morgan fingerprint density at radius 3 is 2.44 bits per heavy atom. The summed E-state index contributed by atoms with van der Waals surface area (Å²) >= 11 is 0.